The Balaban J connectivity index is 1.85. The molecule has 168 valence electrons. The van der Waals surface area contributed by atoms with Crippen LogP contribution in [0.25, 0.3) is 6.08 Å². The molecule has 0 saturated carbocycles. The summed E-state index contributed by atoms with van der Waals surface area (Å²) < 4.78 is 12.3. The molecule has 0 atom stereocenters. The fourth-order valence-corrected chi connectivity index (χ4v) is 3.82. The Bertz CT molecular complexity index is 1270. The fourth-order valence-electron chi connectivity index (χ4n) is 2.98. The first-order chi connectivity index (χ1) is 15.8. The summed E-state index contributed by atoms with van der Waals surface area (Å²) in [5.41, 5.74) is 2.59. The second-order valence-electron chi connectivity index (χ2n) is 6.95. The molecule has 0 aromatic heterocycles. The third kappa shape index (κ3) is 6.08. The van der Waals surface area contributed by atoms with E-state index in [2.05, 4.69) is 21.2 Å². The number of nitriles is 1. The van der Waals surface area contributed by atoms with Crippen molar-refractivity contribution in [2.45, 2.75) is 13.5 Å². The van der Waals surface area contributed by atoms with Gasteiger partial charge in [0, 0.05) is 20.7 Å². The minimum atomic E-state index is -0.563. The van der Waals surface area contributed by atoms with Gasteiger partial charge in [0.1, 0.15) is 18.2 Å². The predicted molar refractivity (Wildman–Crippen MR) is 135 cm³/mol. The van der Waals surface area contributed by atoms with Gasteiger partial charge in [-0.3, -0.25) is 4.79 Å². The largest absolute Gasteiger partial charge is 0.493 e. The van der Waals surface area contributed by atoms with E-state index in [0.29, 0.717) is 33.3 Å². The van der Waals surface area contributed by atoms with E-state index in [1.807, 2.05) is 30.3 Å². The highest BCUT2D eigenvalue weighted by atomic mass is 79.9. The Morgan fingerprint density at radius 3 is 2.61 bits per heavy atom. The number of halogens is 3. The Morgan fingerprint density at radius 1 is 1.15 bits per heavy atom. The highest BCUT2D eigenvalue weighted by molar-refractivity contribution is 9.10. The molecule has 33 heavy (non-hydrogen) atoms. The van der Waals surface area contributed by atoms with E-state index in [0.717, 1.165) is 10.0 Å². The summed E-state index contributed by atoms with van der Waals surface area (Å²) >= 11 is 16.0. The number of anilines is 1. The van der Waals surface area contributed by atoms with E-state index in [1.54, 1.807) is 37.3 Å². The number of nitrogens with zero attached hydrogens (tertiary/aromatic N) is 1. The summed E-state index contributed by atoms with van der Waals surface area (Å²) in [6.45, 7) is 2.06. The second kappa shape index (κ2) is 11.2. The molecule has 1 N–H and O–H groups in total. The number of amides is 1. The summed E-state index contributed by atoms with van der Waals surface area (Å²) in [6.07, 6.45) is 1.43. The van der Waals surface area contributed by atoms with Crippen LogP contribution in [0.15, 0.2) is 64.6 Å². The van der Waals surface area contributed by atoms with Crippen LogP contribution in [0.1, 0.15) is 16.7 Å². The van der Waals surface area contributed by atoms with E-state index >= 15 is 0 Å². The Labute approximate surface area is 210 Å². The molecule has 0 spiro atoms. The van der Waals surface area contributed by atoms with Gasteiger partial charge in [0.05, 0.1) is 12.1 Å². The number of carbonyl (C=O) groups is 1. The maximum atomic E-state index is 12.7. The number of hydrogen-bond acceptors (Lipinski definition) is 4. The lowest BCUT2D eigenvalue weighted by atomic mass is 10.1. The van der Waals surface area contributed by atoms with Crippen molar-refractivity contribution < 1.29 is 14.3 Å². The van der Waals surface area contributed by atoms with Gasteiger partial charge >= 0.3 is 0 Å². The zero-order valence-electron chi connectivity index (χ0n) is 17.8. The van der Waals surface area contributed by atoms with E-state index in [-0.39, 0.29) is 17.2 Å². The van der Waals surface area contributed by atoms with Gasteiger partial charge in [-0.05, 0) is 54.5 Å². The van der Waals surface area contributed by atoms with Crippen molar-refractivity contribution in [3.05, 3.63) is 91.4 Å². The first-order valence-corrected chi connectivity index (χ1v) is 11.3. The topological polar surface area (TPSA) is 71.3 Å². The number of nitrogens with one attached hydrogen (secondary N) is 1. The normalized spacial score (nSPS) is 11.0. The molecule has 0 unspecified atom stereocenters. The zero-order valence-corrected chi connectivity index (χ0v) is 20.9. The van der Waals surface area contributed by atoms with Crippen molar-refractivity contribution in [1.29, 1.82) is 5.26 Å². The predicted octanol–water partition coefficient (Wildman–Crippen LogP) is 7.20. The molecule has 0 bridgehead atoms. The molecule has 3 aromatic rings. The summed E-state index contributed by atoms with van der Waals surface area (Å²) in [7, 11) is 1.49. The number of hydrogen-bond donors (Lipinski definition) is 1. The smallest absolute Gasteiger partial charge is 0.266 e. The molecule has 1 amide bonds. The van der Waals surface area contributed by atoms with Crippen molar-refractivity contribution in [3.8, 4) is 17.6 Å². The molecular formula is C25H19BrCl2N2O3. The number of carbonyl (C=O) groups excluding carboxylic acids is 1. The average molecular weight is 546 g/mol. The molecule has 0 radical (unpaired) electrons. The van der Waals surface area contributed by atoms with Gasteiger partial charge in [0.2, 0.25) is 0 Å². The van der Waals surface area contributed by atoms with E-state index < -0.39 is 5.91 Å². The average Bonchev–Trinajstić information content (AvgIpc) is 2.80. The van der Waals surface area contributed by atoms with Crippen LogP contribution in [0.5, 0.6) is 11.5 Å². The SMILES string of the molecule is COc1cc(/C=C(\C#N)C(=O)Nc2cccc(Cl)c2C)cc(Cl)c1OCc1ccccc1Br. The van der Waals surface area contributed by atoms with Crippen LogP contribution >= 0.6 is 39.1 Å². The van der Waals surface area contributed by atoms with Crippen molar-refractivity contribution >= 4 is 56.8 Å². The molecule has 5 nitrogen and oxygen atoms in total. The minimum Gasteiger partial charge on any atom is -0.493 e. The molecule has 0 aliphatic rings. The minimum absolute atomic E-state index is 0.102. The van der Waals surface area contributed by atoms with Gasteiger partial charge in [-0.15, -0.1) is 0 Å². The molecule has 0 aliphatic carbocycles. The van der Waals surface area contributed by atoms with Gasteiger partial charge in [0.15, 0.2) is 11.5 Å². The lowest BCUT2D eigenvalue weighted by Crippen LogP contribution is -2.14. The van der Waals surface area contributed by atoms with Gasteiger partial charge in [-0.25, -0.2) is 0 Å². The zero-order chi connectivity index (χ0) is 24.0. The summed E-state index contributed by atoms with van der Waals surface area (Å²) in [5.74, 6) is 0.181. The molecule has 0 aliphatic heterocycles. The number of ether oxygens (including phenoxy) is 2. The molecule has 0 saturated heterocycles. The van der Waals surface area contributed by atoms with Crippen LogP contribution in [-0.4, -0.2) is 13.0 Å². The van der Waals surface area contributed by atoms with Crippen molar-refractivity contribution in [2.24, 2.45) is 0 Å². The van der Waals surface area contributed by atoms with Crippen LogP contribution in [0.4, 0.5) is 5.69 Å². The monoisotopic (exact) mass is 544 g/mol. The molecule has 3 aromatic carbocycles. The second-order valence-corrected chi connectivity index (χ2v) is 8.62. The highest BCUT2D eigenvalue weighted by Crippen LogP contribution is 2.38. The third-order valence-electron chi connectivity index (χ3n) is 4.77. The summed E-state index contributed by atoms with van der Waals surface area (Å²) in [4.78, 5) is 12.7. The standard InChI is InChI=1S/C25H19BrCl2N2O3/c1-15-20(27)8-5-9-22(15)30-25(31)18(13-29)10-16-11-21(28)24(23(12-16)32-2)33-14-17-6-3-4-7-19(17)26/h3-12H,14H2,1-2H3,(H,30,31)/b18-10+. The van der Waals surface area contributed by atoms with Crippen LogP contribution in [0.3, 0.4) is 0 Å². The maximum absolute atomic E-state index is 12.7. The van der Waals surface area contributed by atoms with Gasteiger partial charge in [-0.1, -0.05) is 63.4 Å². The maximum Gasteiger partial charge on any atom is 0.266 e. The van der Waals surface area contributed by atoms with Crippen molar-refractivity contribution in [3.63, 3.8) is 0 Å². The Hall–Kier alpha value is -2.98. The Kier molecular flexibility index (Phi) is 8.40. The van der Waals surface area contributed by atoms with Crippen LogP contribution < -0.4 is 14.8 Å². The number of benzene rings is 3. The summed E-state index contributed by atoms with van der Waals surface area (Å²) in [5, 5.41) is 13.1. The van der Waals surface area contributed by atoms with Crippen molar-refractivity contribution in [1.82, 2.24) is 0 Å². The van der Waals surface area contributed by atoms with Gasteiger partial charge < -0.3 is 14.8 Å². The first-order valence-electron chi connectivity index (χ1n) is 9.76. The van der Waals surface area contributed by atoms with E-state index in [1.165, 1.54) is 13.2 Å². The quantitative estimate of drug-likeness (QED) is 0.252. The fraction of sp³-hybridized carbons (Fsp3) is 0.120. The van der Waals surface area contributed by atoms with E-state index in [9.17, 15) is 10.1 Å². The van der Waals surface area contributed by atoms with Crippen LogP contribution in [0, 0.1) is 18.3 Å². The van der Waals surface area contributed by atoms with Crippen molar-refractivity contribution in [2.75, 3.05) is 12.4 Å². The number of rotatable bonds is 7. The van der Waals surface area contributed by atoms with Gasteiger partial charge in [-0.2, -0.15) is 5.26 Å². The Morgan fingerprint density at radius 2 is 1.91 bits per heavy atom. The first kappa shape index (κ1) is 24.7. The third-order valence-corrected chi connectivity index (χ3v) is 6.24. The molecule has 3 rings (SSSR count). The lowest BCUT2D eigenvalue weighted by Gasteiger charge is -2.14. The number of methoxy groups -OCH3 is 1. The molecule has 8 heteroatoms. The molecule has 0 fully saturated rings. The van der Waals surface area contributed by atoms with Crippen LogP contribution in [-0.2, 0) is 11.4 Å². The van der Waals surface area contributed by atoms with Crippen LogP contribution in [0.2, 0.25) is 10.0 Å². The molecule has 0 heterocycles. The molecular weight excluding hydrogens is 527 g/mol. The summed E-state index contributed by atoms with van der Waals surface area (Å²) in [6, 6.07) is 18.0. The highest BCUT2D eigenvalue weighted by Gasteiger charge is 2.16. The lowest BCUT2D eigenvalue weighted by molar-refractivity contribution is -0.112. The van der Waals surface area contributed by atoms with Gasteiger partial charge in [0.25, 0.3) is 5.91 Å². The van der Waals surface area contributed by atoms with E-state index in [4.69, 9.17) is 32.7 Å².